The maximum absolute atomic E-state index is 11.6. The molecule has 1 aromatic heterocycles. The van der Waals surface area contributed by atoms with Crippen molar-refractivity contribution in [2.75, 3.05) is 5.32 Å². The summed E-state index contributed by atoms with van der Waals surface area (Å²) < 4.78 is 9.98. The minimum absolute atomic E-state index is 0.129. The summed E-state index contributed by atoms with van der Waals surface area (Å²) in [6.45, 7) is 3.41. The van der Waals surface area contributed by atoms with Crippen molar-refractivity contribution in [1.29, 1.82) is 5.26 Å². The van der Waals surface area contributed by atoms with E-state index in [1.165, 1.54) is 6.07 Å². The van der Waals surface area contributed by atoms with Crippen LogP contribution in [0, 0.1) is 11.3 Å². The molecule has 0 atom stereocenters. The van der Waals surface area contributed by atoms with Gasteiger partial charge in [-0.2, -0.15) is 5.26 Å². The van der Waals surface area contributed by atoms with Crippen LogP contribution in [0.1, 0.15) is 19.5 Å². The second-order valence-electron chi connectivity index (χ2n) is 4.64. The number of carbonyl (C=O) groups is 1. The van der Waals surface area contributed by atoms with Crippen molar-refractivity contribution in [1.82, 2.24) is 5.16 Å². The third-order valence-electron chi connectivity index (χ3n) is 2.61. The molecule has 102 valence electrons. The van der Waals surface area contributed by atoms with Gasteiger partial charge in [-0.3, -0.25) is 5.32 Å². The summed E-state index contributed by atoms with van der Waals surface area (Å²) in [7, 11) is 0. The van der Waals surface area contributed by atoms with Gasteiger partial charge in [0, 0.05) is 6.07 Å². The van der Waals surface area contributed by atoms with Gasteiger partial charge in [0.1, 0.15) is 11.4 Å². The predicted octanol–water partition coefficient (Wildman–Crippen LogP) is 3.09. The number of anilines is 1. The van der Waals surface area contributed by atoms with Crippen LogP contribution in [0.3, 0.4) is 0 Å². The summed E-state index contributed by atoms with van der Waals surface area (Å²) in [5.41, 5.74) is -0.345. The van der Waals surface area contributed by atoms with Gasteiger partial charge in [0.05, 0.1) is 11.5 Å². The van der Waals surface area contributed by atoms with Gasteiger partial charge in [-0.15, -0.1) is 0 Å². The molecule has 1 aromatic carbocycles. The van der Waals surface area contributed by atoms with Crippen LogP contribution in [-0.2, 0) is 5.41 Å². The van der Waals surface area contributed by atoms with Crippen LogP contribution in [0.5, 0.6) is 5.75 Å². The Morgan fingerprint density at radius 1 is 1.40 bits per heavy atom. The molecule has 0 spiro atoms. The Bertz CT molecular complexity index is 641. The Labute approximate surface area is 115 Å². The number of para-hydroxylation sites is 1. The van der Waals surface area contributed by atoms with E-state index in [9.17, 15) is 4.79 Å². The minimum Gasteiger partial charge on any atom is -0.410 e. The molecular weight excluding hydrogens is 258 g/mol. The lowest BCUT2D eigenvalue weighted by molar-refractivity contribution is 0.214. The lowest BCUT2D eigenvalue weighted by Gasteiger charge is -2.08. The van der Waals surface area contributed by atoms with Crippen LogP contribution < -0.4 is 10.1 Å². The summed E-state index contributed by atoms with van der Waals surface area (Å²) in [5.74, 6) is 0.548. The first-order valence-corrected chi connectivity index (χ1v) is 5.93. The van der Waals surface area contributed by atoms with Gasteiger partial charge in [-0.1, -0.05) is 23.4 Å². The highest BCUT2D eigenvalue weighted by atomic mass is 16.6. The van der Waals surface area contributed by atoms with E-state index < -0.39 is 11.5 Å². The fraction of sp³-hybridized carbons (Fsp3) is 0.214. The molecule has 0 fully saturated rings. The predicted molar refractivity (Wildman–Crippen MR) is 71.2 cm³/mol. The maximum atomic E-state index is 11.6. The molecule has 1 heterocycles. The number of nitrogens with one attached hydrogen (secondary N) is 1. The lowest BCUT2D eigenvalue weighted by Crippen LogP contribution is -2.16. The van der Waals surface area contributed by atoms with E-state index in [-0.39, 0.29) is 5.88 Å². The molecule has 1 N–H and O–H groups in total. The molecule has 0 aliphatic rings. The molecule has 6 nitrogen and oxygen atoms in total. The summed E-state index contributed by atoms with van der Waals surface area (Å²) >= 11 is 0. The number of benzene rings is 1. The van der Waals surface area contributed by atoms with Crippen molar-refractivity contribution in [2.24, 2.45) is 0 Å². The van der Waals surface area contributed by atoms with Crippen LogP contribution >= 0.6 is 0 Å². The lowest BCUT2D eigenvalue weighted by atomic mass is 9.92. The van der Waals surface area contributed by atoms with E-state index in [2.05, 4.69) is 16.5 Å². The first-order chi connectivity index (χ1) is 9.51. The number of hydrogen-bond donors (Lipinski definition) is 1. The van der Waals surface area contributed by atoms with Gasteiger partial charge in [-0.05, 0) is 26.0 Å². The number of nitrogens with zero attached hydrogens (tertiary/aromatic N) is 2. The zero-order valence-corrected chi connectivity index (χ0v) is 11.1. The van der Waals surface area contributed by atoms with Crippen molar-refractivity contribution >= 4 is 12.0 Å². The smallest absolute Gasteiger partial charge is 0.410 e. The molecule has 0 radical (unpaired) electrons. The Hall–Kier alpha value is -2.81. The van der Waals surface area contributed by atoms with E-state index >= 15 is 0 Å². The number of hydrogen-bond acceptors (Lipinski definition) is 5. The van der Waals surface area contributed by atoms with E-state index in [4.69, 9.17) is 14.5 Å². The molecule has 2 aromatic rings. The first kappa shape index (κ1) is 13.6. The van der Waals surface area contributed by atoms with Crippen LogP contribution in [0.4, 0.5) is 10.7 Å². The summed E-state index contributed by atoms with van der Waals surface area (Å²) in [6, 6.07) is 12.2. The molecule has 2 rings (SSSR count). The van der Waals surface area contributed by atoms with Crippen LogP contribution in [0.25, 0.3) is 0 Å². The molecule has 0 saturated carbocycles. The number of rotatable bonds is 3. The Kier molecular flexibility index (Phi) is 3.71. The summed E-state index contributed by atoms with van der Waals surface area (Å²) in [4.78, 5) is 11.6. The highest BCUT2D eigenvalue weighted by molar-refractivity contribution is 5.84. The van der Waals surface area contributed by atoms with Gasteiger partial charge in [0.25, 0.3) is 0 Å². The Morgan fingerprint density at radius 3 is 2.75 bits per heavy atom. The van der Waals surface area contributed by atoms with E-state index in [1.54, 1.807) is 38.1 Å². The van der Waals surface area contributed by atoms with E-state index in [1.807, 2.05) is 6.07 Å². The second-order valence-corrected chi connectivity index (χ2v) is 4.64. The number of carbonyl (C=O) groups excluding carboxylic acids is 1. The molecule has 0 unspecified atom stereocenters. The van der Waals surface area contributed by atoms with Gasteiger partial charge in [-0.25, -0.2) is 4.79 Å². The maximum Gasteiger partial charge on any atom is 0.419 e. The average Bonchev–Trinajstić information content (AvgIpc) is 2.89. The third kappa shape index (κ3) is 3.14. The van der Waals surface area contributed by atoms with Gasteiger partial charge >= 0.3 is 6.09 Å². The molecule has 20 heavy (non-hydrogen) atoms. The van der Waals surface area contributed by atoms with Crippen LogP contribution in [0.2, 0.25) is 0 Å². The molecular formula is C14H13N3O3. The highest BCUT2D eigenvalue weighted by Crippen LogP contribution is 2.23. The van der Waals surface area contributed by atoms with Crippen LogP contribution in [0.15, 0.2) is 40.9 Å². The van der Waals surface area contributed by atoms with Gasteiger partial charge < -0.3 is 9.26 Å². The van der Waals surface area contributed by atoms with Crippen molar-refractivity contribution < 1.29 is 14.1 Å². The topological polar surface area (TPSA) is 88.2 Å². The molecule has 0 aliphatic carbocycles. The summed E-state index contributed by atoms with van der Waals surface area (Å²) in [5, 5.41) is 15.1. The fourth-order valence-corrected chi connectivity index (χ4v) is 1.41. The standard InChI is InChI=1S/C14H13N3O3/c1-14(2,9-15)11-8-12(20-17-11)16-13(18)19-10-6-4-3-5-7-10/h3-8H,1-2H3,(H,16,18). The Morgan fingerprint density at radius 2 is 2.10 bits per heavy atom. The fourth-order valence-electron chi connectivity index (χ4n) is 1.41. The van der Waals surface area contributed by atoms with E-state index in [0.717, 1.165) is 0 Å². The van der Waals surface area contributed by atoms with E-state index in [0.29, 0.717) is 11.4 Å². The van der Waals surface area contributed by atoms with Crippen molar-refractivity contribution in [3.8, 4) is 11.8 Å². The number of nitriles is 1. The van der Waals surface area contributed by atoms with Crippen molar-refractivity contribution in [2.45, 2.75) is 19.3 Å². The zero-order valence-electron chi connectivity index (χ0n) is 11.1. The average molecular weight is 271 g/mol. The number of amides is 1. The molecule has 0 aliphatic heterocycles. The van der Waals surface area contributed by atoms with Gasteiger partial charge in [0.2, 0.25) is 5.88 Å². The first-order valence-electron chi connectivity index (χ1n) is 5.93. The third-order valence-corrected chi connectivity index (χ3v) is 2.61. The molecule has 1 amide bonds. The van der Waals surface area contributed by atoms with Gasteiger partial charge in [0.15, 0.2) is 0 Å². The molecule has 0 saturated heterocycles. The quantitative estimate of drug-likeness (QED) is 0.926. The van der Waals surface area contributed by atoms with Crippen molar-refractivity contribution in [3.05, 3.63) is 42.1 Å². The minimum atomic E-state index is -0.785. The van der Waals surface area contributed by atoms with Crippen molar-refractivity contribution in [3.63, 3.8) is 0 Å². The molecule has 6 heteroatoms. The number of ether oxygens (including phenoxy) is 1. The normalized spacial score (nSPS) is 10.7. The highest BCUT2D eigenvalue weighted by Gasteiger charge is 2.25. The number of aromatic nitrogens is 1. The zero-order chi connectivity index (χ0) is 14.6. The Balaban J connectivity index is 2.01. The SMILES string of the molecule is CC(C)(C#N)c1cc(NC(=O)Oc2ccccc2)on1. The molecule has 0 bridgehead atoms. The monoisotopic (exact) mass is 271 g/mol. The second kappa shape index (κ2) is 5.45. The summed E-state index contributed by atoms with van der Waals surface area (Å²) in [6.07, 6.45) is -0.686. The largest absolute Gasteiger partial charge is 0.419 e. The van der Waals surface area contributed by atoms with Crippen LogP contribution in [-0.4, -0.2) is 11.2 Å².